The molecule has 6 nitrogen and oxygen atoms in total. The summed E-state index contributed by atoms with van der Waals surface area (Å²) in [6.45, 7) is 0.00573. The van der Waals surface area contributed by atoms with Gasteiger partial charge in [0.25, 0.3) is 0 Å². The number of nitrogens with one attached hydrogen (secondary N) is 1. The van der Waals surface area contributed by atoms with Crippen molar-refractivity contribution in [2.75, 3.05) is 0 Å². The van der Waals surface area contributed by atoms with Crippen molar-refractivity contribution in [3.8, 4) is 11.5 Å². The number of amides is 1. The molecule has 27 heavy (non-hydrogen) atoms. The lowest BCUT2D eigenvalue weighted by molar-refractivity contribution is -0.137. The van der Waals surface area contributed by atoms with Gasteiger partial charge in [-0.1, -0.05) is 23.4 Å². The van der Waals surface area contributed by atoms with Crippen molar-refractivity contribution < 1.29 is 22.5 Å². The highest BCUT2D eigenvalue weighted by Gasteiger charge is 2.30. The van der Waals surface area contributed by atoms with Crippen LogP contribution in [-0.2, 0) is 23.9 Å². The molecule has 1 N–H and O–H groups in total. The van der Waals surface area contributed by atoms with Crippen LogP contribution in [0.1, 0.15) is 23.4 Å². The van der Waals surface area contributed by atoms with Gasteiger partial charge in [-0.05, 0) is 29.8 Å². The van der Waals surface area contributed by atoms with Crippen molar-refractivity contribution in [2.45, 2.75) is 25.6 Å². The van der Waals surface area contributed by atoms with E-state index in [1.165, 1.54) is 12.1 Å². The SMILES string of the molecule is O=C(CCc1nc(-c2ccccn2)no1)NCc1cccc(C(F)(F)F)c1. The van der Waals surface area contributed by atoms with Crippen molar-refractivity contribution in [3.63, 3.8) is 0 Å². The van der Waals surface area contributed by atoms with E-state index in [0.717, 1.165) is 12.1 Å². The summed E-state index contributed by atoms with van der Waals surface area (Å²) in [4.78, 5) is 20.2. The molecule has 0 aliphatic carbocycles. The smallest absolute Gasteiger partial charge is 0.352 e. The number of hydrogen-bond donors (Lipinski definition) is 1. The standard InChI is InChI=1S/C18H15F3N4O2/c19-18(20,21)13-5-3-4-12(10-13)11-23-15(26)7-8-16-24-17(25-27-16)14-6-1-2-9-22-14/h1-6,9-10H,7-8,11H2,(H,23,26). The van der Waals surface area contributed by atoms with Gasteiger partial charge in [0, 0.05) is 25.6 Å². The van der Waals surface area contributed by atoms with Crippen LogP contribution in [-0.4, -0.2) is 21.0 Å². The fourth-order valence-corrected chi connectivity index (χ4v) is 2.32. The molecule has 1 aromatic carbocycles. The summed E-state index contributed by atoms with van der Waals surface area (Å²) in [7, 11) is 0. The van der Waals surface area contributed by atoms with Gasteiger partial charge in [0.05, 0.1) is 5.56 Å². The first-order valence-electron chi connectivity index (χ1n) is 8.08. The molecule has 0 spiro atoms. The normalized spacial score (nSPS) is 11.4. The number of halogens is 3. The Kier molecular flexibility index (Phi) is 5.49. The van der Waals surface area contributed by atoms with Crippen LogP contribution in [0.5, 0.6) is 0 Å². The summed E-state index contributed by atoms with van der Waals surface area (Å²) in [5.41, 5.74) is 0.178. The largest absolute Gasteiger partial charge is 0.416 e. The van der Waals surface area contributed by atoms with Crippen molar-refractivity contribution >= 4 is 5.91 Å². The molecule has 140 valence electrons. The average molecular weight is 376 g/mol. The van der Waals surface area contributed by atoms with Crippen molar-refractivity contribution in [1.29, 1.82) is 0 Å². The second-order valence-corrected chi connectivity index (χ2v) is 5.70. The van der Waals surface area contributed by atoms with E-state index in [-0.39, 0.29) is 31.2 Å². The molecule has 0 bridgehead atoms. The van der Waals surface area contributed by atoms with Crippen LogP contribution in [0.3, 0.4) is 0 Å². The summed E-state index contributed by atoms with van der Waals surface area (Å²) in [5, 5.41) is 6.38. The van der Waals surface area contributed by atoms with Crippen LogP contribution in [0.15, 0.2) is 53.2 Å². The topological polar surface area (TPSA) is 80.9 Å². The van der Waals surface area contributed by atoms with Crippen LogP contribution >= 0.6 is 0 Å². The molecule has 0 saturated carbocycles. The number of aryl methyl sites for hydroxylation is 1. The van der Waals surface area contributed by atoms with Gasteiger partial charge in [-0.15, -0.1) is 0 Å². The monoisotopic (exact) mass is 376 g/mol. The number of rotatable bonds is 6. The Labute approximate surface area is 152 Å². The number of carbonyl (C=O) groups excluding carboxylic acids is 1. The van der Waals surface area contributed by atoms with E-state index in [2.05, 4.69) is 20.4 Å². The summed E-state index contributed by atoms with van der Waals surface area (Å²) in [6, 6.07) is 10.1. The molecule has 0 aliphatic heterocycles. The van der Waals surface area contributed by atoms with E-state index >= 15 is 0 Å². The first kappa shape index (κ1) is 18.6. The van der Waals surface area contributed by atoms with Gasteiger partial charge in [0.2, 0.25) is 17.6 Å². The third-order valence-electron chi connectivity index (χ3n) is 3.67. The number of carbonyl (C=O) groups is 1. The van der Waals surface area contributed by atoms with Crippen molar-refractivity contribution in [3.05, 3.63) is 65.7 Å². The van der Waals surface area contributed by atoms with E-state index in [4.69, 9.17) is 4.52 Å². The second kappa shape index (κ2) is 7.98. The van der Waals surface area contributed by atoms with Gasteiger partial charge in [-0.2, -0.15) is 18.2 Å². The quantitative estimate of drug-likeness (QED) is 0.713. The average Bonchev–Trinajstić information content (AvgIpc) is 3.14. The Morgan fingerprint density at radius 1 is 1.15 bits per heavy atom. The molecule has 0 unspecified atom stereocenters. The minimum absolute atomic E-state index is 0.00573. The lowest BCUT2D eigenvalue weighted by Gasteiger charge is -2.09. The predicted molar refractivity (Wildman–Crippen MR) is 89.1 cm³/mol. The van der Waals surface area contributed by atoms with Gasteiger partial charge in [0.1, 0.15) is 5.69 Å². The van der Waals surface area contributed by atoms with Crippen molar-refractivity contribution in [1.82, 2.24) is 20.4 Å². The molecule has 3 aromatic rings. The third kappa shape index (κ3) is 5.13. The van der Waals surface area contributed by atoms with Crippen LogP contribution in [0.4, 0.5) is 13.2 Å². The third-order valence-corrected chi connectivity index (χ3v) is 3.67. The minimum atomic E-state index is -4.41. The zero-order valence-electron chi connectivity index (χ0n) is 14.0. The number of hydrogen-bond acceptors (Lipinski definition) is 5. The molecular formula is C18H15F3N4O2. The Morgan fingerprint density at radius 2 is 2.00 bits per heavy atom. The first-order valence-corrected chi connectivity index (χ1v) is 8.08. The van der Waals surface area contributed by atoms with E-state index in [9.17, 15) is 18.0 Å². The molecule has 0 radical (unpaired) electrons. The number of benzene rings is 1. The maximum atomic E-state index is 12.7. The van der Waals surface area contributed by atoms with Gasteiger partial charge < -0.3 is 9.84 Å². The Morgan fingerprint density at radius 3 is 2.74 bits per heavy atom. The van der Waals surface area contributed by atoms with E-state index in [1.807, 2.05) is 0 Å². The molecule has 9 heteroatoms. The first-order chi connectivity index (χ1) is 12.9. The van der Waals surface area contributed by atoms with Crippen LogP contribution in [0, 0.1) is 0 Å². The fraction of sp³-hybridized carbons (Fsp3) is 0.222. The summed E-state index contributed by atoms with van der Waals surface area (Å²) >= 11 is 0. The van der Waals surface area contributed by atoms with Crippen LogP contribution in [0.2, 0.25) is 0 Å². The molecule has 0 atom stereocenters. The number of alkyl halides is 3. The highest BCUT2D eigenvalue weighted by atomic mass is 19.4. The highest BCUT2D eigenvalue weighted by molar-refractivity contribution is 5.76. The van der Waals surface area contributed by atoms with Crippen LogP contribution < -0.4 is 5.32 Å². The van der Waals surface area contributed by atoms with E-state index in [0.29, 0.717) is 17.1 Å². The predicted octanol–water partition coefficient (Wildman–Crippen LogP) is 3.40. The zero-order valence-corrected chi connectivity index (χ0v) is 14.0. The maximum Gasteiger partial charge on any atom is 0.416 e. The molecule has 0 fully saturated rings. The van der Waals surface area contributed by atoms with Gasteiger partial charge in [-0.25, -0.2) is 0 Å². The lowest BCUT2D eigenvalue weighted by Crippen LogP contribution is -2.23. The second-order valence-electron chi connectivity index (χ2n) is 5.70. The molecule has 0 saturated heterocycles. The molecule has 3 rings (SSSR count). The van der Waals surface area contributed by atoms with Gasteiger partial charge in [0.15, 0.2) is 0 Å². The molecule has 1 amide bonds. The lowest BCUT2D eigenvalue weighted by atomic mass is 10.1. The number of pyridine rings is 1. The minimum Gasteiger partial charge on any atom is -0.352 e. The van der Waals surface area contributed by atoms with E-state index < -0.39 is 11.7 Å². The summed E-state index contributed by atoms with van der Waals surface area (Å²) in [6.07, 6.45) is -2.52. The van der Waals surface area contributed by atoms with E-state index in [1.54, 1.807) is 24.4 Å². The maximum absolute atomic E-state index is 12.7. The Hall–Kier alpha value is -3.23. The number of nitrogens with zero attached hydrogens (tertiary/aromatic N) is 3. The van der Waals surface area contributed by atoms with Gasteiger partial charge >= 0.3 is 6.18 Å². The number of aromatic nitrogens is 3. The van der Waals surface area contributed by atoms with Crippen molar-refractivity contribution in [2.24, 2.45) is 0 Å². The molecule has 0 aliphatic rings. The Bertz CT molecular complexity index is 910. The molecule has 2 aromatic heterocycles. The molecular weight excluding hydrogens is 361 g/mol. The zero-order chi connectivity index (χ0) is 19.3. The van der Waals surface area contributed by atoms with Crippen LogP contribution in [0.25, 0.3) is 11.5 Å². The Balaban J connectivity index is 1.50. The summed E-state index contributed by atoms with van der Waals surface area (Å²) < 4.78 is 43.1. The summed E-state index contributed by atoms with van der Waals surface area (Å²) in [5.74, 6) is 0.282. The van der Waals surface area contributed by atoms with Gasteiger partial charge in [-0.3, -0.25) is 9.78 Å². The molecule has 2 heterocycles. The fourth-order valence-electron chi connectivity index (χ4n) is 2.32. The highest BCUT2D eigenvalue weighted by Crippen LogP contribution is 2.29.